The van der Waals surface area contributed by atoms with Gasteiger partial charge < -0.3 is 9.84 Å². The van der Waals surface area contributed by atoms with E-state index in [0.29, 0.717) is 6.61 Å². The average Bonchev–Trinajstić information content (AvgIpc) is 2.40. The van der Waals surface area contributed by atoms with Crippen LogP contribution >= 0.6 is 0 Å². The minimum Gasteiger partial charge on any atom is -0.463 e. The van der Waals surface area contributed by atoms with E-state index in [1.54, 1.807) is 0 Å². The number of hydrogen-bond donors (Lipinski definition) is 1. The summed E-state index contributed by atoms with van der Waals surface area (Å²) in [6, 6.07) is 0.846. The predicted octanol–water partition coefficient (Wildman–Crippen LogP) is 5.24. The van der Waals surface area contributed by atoms with Crippen molar-refractivity contribution in [1.82, 2.24) is 0 Å². The Kier molecular flexibility index (Phi) is 10.1. The highest BCUT2D eigenvalue weighted by Crippen LogP contribution is 2.29. The summed E-state index contributed by atoms with van der Waals surface area (Å²) in [7, 11) is -2.81. The van der Waals surface area contributed by atoms with E-state index in [1.165, 1.54) is 0 Å². The van der Waals surface area contributed by atoms with Crippen molar-refractivity contribution in [1.29, 1.82) is 0 Å². The summed E-state index contributed by atoms with van der Waals surface area (Å²) in [6.45, 7) is 19.7. The van der Waals surface area contributed by atoms with Crippen LogP contribution in [0.5, 0.6) is 0 Å². The Morgan fingerprint density at radius 1 is 1.21 bits per heavy atom. The Morgan fingerprint density at radius 2 is 1.79 bits per heavy atom. The minimum atomic E-state index is -1.44. The normalized spacial score (nSPS) is 15.8. The molecule has 0 aliphatic heterocycles. The van der Waals surface area contributed by atoms with Crippen molar-refractivity contribution < 1.29 is 14.6 Å². The second kappa shape index (κ2) is 10.4. The standard InChI is InChI=1S/C19H38O3Si2/c1-9-18(24(6,7)8)17(20)14-12-11-13-16(15-23(3,4)5)19(21)22-10-2/h9,13,17-18,20H,1,10-12,14-15H2,2-8H3/b16-13-. The predicted molar refractivity (Wildman–Crippen MR) is 110 cm³/mol. The van der Waals surface area contributed by atoms with Gasteiger partial charge in [0.2, 0.25) is 0 Å². The summed E-state index contributed by atoms with van der Waals surface area (Å²) in [4.78, 5) is 12.1. The van der Waals surface area contributed by atoms with Gasteiger partial charge in [-0.1, -0.05) is 51.4 Å². The number of carbonyl (C=O) groups is 1. The van der Waals surface area contributed by atoms with E-state index in [1.807, 2.05) is 19.1 Å². The maximum Gasteiger partial charge on any atom is 0.333 e. The fourth-order valence-electron chi connectivity index (χ4n) is 2.89. The maximum absolute atomic E-state index is 12.1. The zero-order valence-corrected chi connectivity index (χ0v) is 18.8. The Labute approximate surface area is 151 Å². The Morgan fingerprint density at radius 3 is 2.21 bits per heavy atom. The first-order valence-corrected chi connectivity index (χ1v) is 16.4. The third-order valence-corrected chi connectivity index (χ3v) is 8.08. The summed E-state index contributed by atoms with van der Waals surface area (Å²) in [5.74, 6) is -0.174. The van der Waals surface area contributed by atoms with E-state index in [-0.39, 0.29) is 17.6 Å². The van der Waals surface area contributed by atoms with Gasteiger partial charge in [0, 0.05) is 13.6 Å². The third kappa shape index (κ3) is 9.59. The first-order chi connectivity index (χ1) is 10.9. The molecule has 0 heterocycles. The highest BCUT2D eigenvalue weighted by atomic mass is 28.3. The molecule has 0 aliphatic carbocycles. The number of allylic oxidation sites excluding steroid dienone is 1. The van der Waals surface area contributed by atoms with Crippen molar-refractivity contribution in [2.24, 2.45) is 0 Å². The quantitative estimate of drug-likeness (QED) is 0.178. The lowest BCUT2D eigenvalue weighted by Crippen LogP contribution is -2.35. The lowest BCUT2D eigenvalue weighted by Gasteiger charge is -2.30. The fraction of sp³-hybridized carbons (Fsp3) is 0.737. The van der Waals surface area contributed by atoms with Crippen molar-refractivity contribution in [2.45, 2.75) is 83.2 Å². The summed E-state index contributed by atoms with van der Waals surface area (Å²) >= 11 is 0. The van der Waals surface area contributed by atoms with Gasteiger partial charge in [-0.3, -0.25) is 0 Å². The second-order valence-electron chi connectivity index (χ2n) is 8.81. The molecular weight excluding hydrogens is 332 g/mol. The molecule has 5 heteroatoms. The molecule has 0 spiro atoms. The molecule has 1 N–H and O–H groups in total. The van der Waals surface area contributed by atoms with Crippen LogP contribution in [0.15, 0.2) is 24.3 Å². The van der Waals surface area contributed by atoms with Gasteiger partial charge in [-0.2, -0.15) is 0 Å². The number of rotatable bonds is 11. The van der Waals surface area contributed by atoms with Gasteiger partial charge in [-0.25, -0.2) is 4.79 Å². The molecule has 0 rings (SSSR count). The summed E-state index contributed by atoms with van der Waals surface area (Å²) in [6.07, 6.45) is 6.06. The Hall–Kier alpha value is -0.656. The van der Waals surface area contributed by atoms with Crippen molar-refractivity contribution in [3.8, 4) is 0 Å². The van der Waals surface area contributed by atoms with Crippen LogP contribution in [-0.4, -0.2) is 39.9 Å². The highest BCUT2D eigenvalue weighted by Gasteiger charge is 2.29. The monoisotopic (exact) mass is 370 g/mol. The van der Waals surface area contributed by atoms with E-state index in [0.717, 1.165) is 30.9 Å². The molecule has 24 heavy (non-hydrogen) atoms. The molecule has 3 nitrogen and oxygen atoms in total. The number of ether oxygens (including phenoxy) is 1. The van der Waals surface area contributed by atoms with E-state index < -0.39 is 16.1 Å². The average molecular weight is 371 g/mol. The van der Waals surface area contributed by atoms with Gasteiger partial charge in [-0.05, 0) is 37.8 Å². The number of unbranched alkanes of at least 4 members (excludes halogenated alkanes) is 1. The van der Waals surface area contributed by atoms with E-state index in [9.17, 15) is 9.90 Å². The molecule has 0 aromatic heterocycles. The number of aliphatic hydroxyl groups is 1. The fourth-order valence-corrected chi connectivity index (χ4v) is 6.35. The van der Waals surface area contributed by atoms with Gasteiger partial charge in [-0.15, -0.1) is 6.58 Å². The third-order valence-electron chi connectivity index (χ3n) is 4.02. The molecule has 0 saturated heterocycles. The van der Waals surface area contributed by atoms with Crippen LogP contribution in [-0.2, 0) is 9.53 Å². The Bertz CT molecular complexity index is 431. The van der Waals surface area contributed by atoms with E-state index in [4.69, 9.17) is 4.74 Å². The largest absolute Gasteiger partial charge is 0.463 e. The number of aliphatic hydroxyl groups excluding tert-OH is 1. The summed E-state index contributed by atoms with van der Waals surface area (Å²) in [5.41, 5.74) is 1.03. The minimum absolute atomic E-state index is 0.174. The van der Waals surface area contributed by atoms with Gasteiger partial charge in [0.25, 0.3) is 0 Å². The van der Waals surface area contributed by atoms with Crippen LogP contribution in [0, 0.1) is 0 Å². The summed E-state index contributed by atoms with van der Waals surface area (Å²) in [5, 5.41) is 10.4. The number of carbonyl (C=O) groups excluding carboxylic acids is 1. The van der Waals surface area contributed by atoms with Gasteiger partial charge in [0.1, 0.15) is 0 Å². The lowest BCUT2D eigenvalue weighted by molar-refractivity contribution is -0.138. The molecule has 0 bridgehead atoms. The number of esters is 1. The Balaban J connectivity index is 4.70. The van der Waals surface area contributed by atoms with Gasteiger partial charge in [0.15, 0.2) is 0 Å². The van der Waals surface area contributed by atoms with Crippen LogP contribution in [0.4, 0.5) is 0 Å². The first-order valence-electron chi connectivity index (χ1n) is 9.09. The van der Waals surface area contributed by atoms with Crippen molar-refractivity contribution in [2.75, 3.05) is 6.61 Å². The smallest absolute Gasteiger partial charge is 0.333 e. The van der Waals surface area contributed by atoms with Crippen molar-refractivity contribution in [3.63, 3.8) is 0 Å². The molecule has 2 atom stereocenters. The molecule has 0 aromatic rings. The molecule has 140 valence electrons. The first kappa shape index (κ1) is 23.3. The topological polar surface area (TPSA) is 46.5 Å². The van der Waals surface area contributed by atoms with Crippen molar-refractivity contribution >= 4 is 22.1 Å². The van der Waals surface area contributed by atoms with Crippen LogP contribution in [0.1, 0.15) is 26.2 Å². The molecule has 0 radical (unpaired) electrons. The van der Waals surface area contributed by atoms with Gasteiger partial charge >= 0.3 is 5.97 Å². The molecule has 2 unspecified atom stereocenters. The van der Waals surface area contributed by atoms with Crippen LogP contribution in [0.2, 0.25) is 50.9 Å². The zero-order valence-electron chi connectivity index (χ0n) is 16.8. The van der Waals surface area contributed by atoms with Gasteiger partial charge in [0.05, 0.1) is 20.8 Å². The van der Waals surface area contributed by atoms with E-state index in [2.05, 4.69) is 45.9 Å². The summed E-state index contributed by atoms with van der Waals surface area (Å²) < 4.78 is 5.19. The van der Waals surface area contributed by atoms with Crippen molar-refractivity contribution in [3.05, 3.63) is 24.3 Å². The van der Waals surface area contributed by atoms with Crippen LogP contribution in [0.3, 0.4) is 0 Å². The molecule has 0 fully saturated rings. The molecule has 0 aliphatic rings. The SMILES string of the molecule is C=CC(C(O)CCC/C=C(/C[Si](C)(C)C)C(=O)OCC)[Si](C)(C)C. The maximum atomic E-state index is 12.1. The highest BCUT2D eigenvalue weighted by molar-refractivity contribution is 6.78. The zero-order chi connectivity index (χ0) is 19.0. The molecular formula is C19H38O3Si2. The lowest BCUT2D eigenvalue weighted by atomic mass is 10.1. The molecule has 0 amide bonds. The molecule has 0 aromatic carbocycles. The number of hydrogen-bond acceptors (Lipinski definition) is 3. The van der Waals surface area contributed by atoms with E-state index >= 15 is 0 Å². The van der Waals surface area contributed by atoms with Crippen LogP contribution < -0.4 is 0 Å². The molecule has 0 saturated carbocycles. The second-order valence-corrected chi connectivity index (χ2v) is 19.7. The van der Waals surface area contributed by atoms with Crippen LogP contribution in [0.25, 0.3) is 0 Å².